The number of ether oxygens (including phenoxy) is 1. The van der Waals surface area contributed by atoms with Gasteiger partial charge in [0.2, 0.25) is 0 Å². The summed E-state index contributed by atoms with van der Waals surface area (Å²) in [5.74, 6) is -0.910. The highest BCUT2D eigenvalue weighted by atomic mass is 16.5. The number of aromatic hydroxyl groups is 1. The van der Waals surface area contributed by atoms with Gasteiger partial charge in [0.05, 0.1) is 7.11 Å². The first-order chi connectivity index (χ1) is 9.51. The van der Waals surface area contributed by atoms with Crippen molar-refractivity contribution in [3.05, 3.63) is 23.8 Å². The van der Waals surface area contributed by atoms with Gasteiger partial charge >= 0.3 is 5.97 Å². The molecule has 6 nitrogen and oxygen atoms in total. The number of carboxylic acid groups (broad SMARTS) is 1. The highest BCUT2D eigenvalue weighted by Gasteiger charge is 2.28. The van der Waals surface area contributed by atoms with Crippen molar-refractivity contribution in [3.8, 4) is 11.5 Å². The van der Waals surface area contributed by atoms with E-state index >= 15 is 0 Å². The van der Waals surface area contributed by atoms with Crippen LogP contribution in [-0.4, -0.2) is 47.2 Å². The van der Waals surface area contributed by atoms with Gasteiger partial charge in [-0.15, -0.1) is 0 Å². The van der Waals surface area contributed by atoms with Gasteiger partial charge in [-0.2, -0.15) is 0 Å². The molecule has 6 heteroatoms. The first-order valence-electron chi connectivity index (χ1n) is 6.39. The van der Waals surface area contributed by atoms with E-state index in [1.165, 1.54) is 30.2 Å². The normalized spacial score (nSPS) is 13.8. The van der Waals surface area contributed by atoms with E-state index in [9.17, 15) is 14.7 Å². The number of benzene rings is 1. The summed E-state index contributed by atoms with van der Waals surface area (Å²) < 4.78 is 4.91. The van der Waals surface area contributed by atoms with Crippen LogP contribution in [0.4, 0.5) is 0 Å². The number of carbonyl (C=O) groups is 2. The van der Waals surface area contributed by atoms with Gasteiger partial charge in [0.1, 0.15) is 6.54 Å². The zero-order valence-electron chi connectivity index (χ0n) is 11.2. The lowest BCUT2D eigenvalue weighted by Gasteiger charge is -2.20. The van der Waals surface area contributed by atoms with Crippen LogP contribution < -0.4 is 4.74 Å². The van der Waals surface area contributed by atoms with Gasteiger partial charge in [-0.3, -0.25) is 9.59 Å². The summed E-state index contributed by atoms with van der Waals surface area (Å²) in [5.41, 5.74) is 0.255. The lowest BCUT2D eigenvalue weighted by atomic mass is 10.1. The summed E-state index contributed by atoms with van der Waals surface area (Å²) >= 11 is 0. The Balaban J connectivity index is 2.16. The fourth-order valence-corrected chi connectivity index (χ4v) is 2.00. The average molecular weight is 279 g/mol. The third-order valence-electron chi connectivity index (χ3n) is 3.21. The number of phenols is 1. The Morgan fingerprint density at radius 2 is 2.10 bits per heavy atom. The molecule has 1 fully saturated rings. The van der Waals surface area contributed by atoms with Gasteiger partial charge in [0.25, 0.3) is 5.91 Å². The van der Waals surface area contributed by atoms with Gasteiger partial charge in [0.15, 0.2) is 11.5 Å². The van der Waals surface area contributed by atoms with E-state index in [-0.39, 0.29) is 23.6 Å². The topological polar surface area (TPSA) is 87.1 Å². The Hall–Kier alpha value is -2.24. The second kappa shape index (κ2) is 5.81. The zero-order chi connectivity index (χ0) is 14.7. The van der Waals surface area contributed by atoms with Crippen molar-refractivity contribution in [1.82, 2.24) is 4.90 Å². The Bertz CT molecular complexity index is 524. The molecule has 1 amide bonds. The van der Waals surface area contributed by atoms with Crippen LogP contribution >= 0.6 is 0 Å². The predicted octanol–water partition coefficient (Wildman–Crippen LogP) is 1.34. The van der Waals surface area contributed by atoms with Crippen LogP contribution in [0.25, 0.3) is 0 Å². The van der Waals surface area contributed by atoms with Gasteiger partial charge in [-0.25, -0.2) is 0 Å². The average Bonchev–Trinajstić information content (AvgIpc) is 3.20. The molecule has 0 aliphatic heterocycles. The number of carbonyl (C=O) groups excluding carboxylic acids is 1. The maximum Gasteiger partial charge on any atom is 0.323 e. The van der Waals surface area contributed by atoms with E-state index in [0.29, 0.717) is 12.5 Å². The first kappa shape index (κ1) is 14.2. The smallest absolute Gasteiger partial charge is 0.323 e. The fourth-order valence-electron chi connectivity index (χ4n) is 2.00. The van der Waals surface area contributed by atoms with Crippen molar-refractivity contribution in [3.63, 3.8) is 0 Å². The van der Waals surface area contributed by atoms with E-state index in [1.54, 1.807) is 0 Å². The van der Waals surface area contributed by atoms with Gasteiger partial charge in [0, 0.05) is 12.1 Å². The van der Waals surface area contributed by atoms with E-state index in [2.05, 4.69) is 0 Å². The zero-order valence-corrected chi connectivity index (χ0v) is 11.2. The minimum atomic E-state index is -1.04. The largest absolute Gasteiger partial charge is 0.504 e. The highest BCUT2D eigenvalue weighted by Crippen LogP contribution is 2.31. The van der Waals surface area contributed by atoms with E-state index in [4.69, 9.17) is 9.84 Å². The van der Waals surface area contributed by atoms with Gasteiger partial charge in [-0.1, -0.05) is 0 Å². The molecule has 108 valence electrons. The Morgan fingerprint density at radius 1 is 1.40 bits per heavy atom. The number of aliphatic carboxylic acids is 1. The van der Waals surface area contributed by atoms with E-state index in [0.717, 1.165) is 12.8 Å². The molecule has 0 spiro atoms. The van der Waals surface area contributed by atoms with Crippen LogP contribution in [-0.2, 0) is 4.79 Å². The van der Waals surface area contributed by atoms with Gasteiger partial charge in [-0.05, 0) is 37.0 Å². The fraction of sp³-hybridized carbons (Fsp3) is 0.429. The molecule has 0 saturated heterocycles. The SMILES string of the molecule is COc1ccc(C(=O)N(CC(=O)O)CC2CC2)cc1O. The van der Waals surface area contributed by atoms with Crippen LogP contribution in [0.15, 0.2) is 18.2 Å². The number of amides is 1. The molecule has 0 heterocycles. The van der Waals surface area contributed by atoms with Crippen LogP contribution in [0.1, 0.15) is 23.2 Å². The molecule has 2 N–H and O–H groups in total. The quantitative estimate of drug-likeness (QED) is 0.820. The lowest BCUT2D eigenvalue weighted by Crippen LogP contribution is -2.37. The Morgan fingerprint density at radius 3 is 2.60 bits per heavy atom. The predicted molar refractivity (Wildman–Crippen MR) is 70.9 cm³/mol. The molecule has 1 aliphatic carbocycles. The monoisotopic (exact) mass is 279 g/mol. The summed E-state index contributed by atoms with van der Waals surface area (Å²) in [6.07, 6.45) is 2.05. The number of nitrogens with zero attached hydrogens (tertiary/aromatic N) is 1. The van der Waals surface area contributed by atoms with Crippen molar-refractivity contribution >= 4 is 11.9 Å². The Kier molecular flexibility index (Phi) is 4.12. The minimum absolute atomic E-state index is 0.139. The van der Waals surface area contributed by atoms with Crippen LogP contribution in [0.3, 0.4) is 0 Å². The minimum Gasteiger partial charge on any atom is -0.504 e. The van der Waals surface area contributed by atoms with Crippen molar-refractivity contribution in [2.24, 2.45) is 5.92 Å². The number of hydrogen-bond donors (Lipinski definition) is 2. The molecule has 0 unspecified atom stereocenters. The molecular weight excluding hydrogens is 262 g/mol. The summed E-state index contributed by atoms with van der Waals surface area (Å²) in [6, 6.07) is 4.30. The lowest BCUT2D eigenvalue weighted by molar-refractivity contribution is -0.137. The standard InChI is InChI=1S/C14H17NO5/c1-20-12-5-4-10(6-11(12)16)14(19)15(8-13(17)18)7-9-2-3-9/h4-6,9,16H,2-3,7-8H2,1H3,(H,17,18). The summed E-state index contributed by atoms with van der Waals surface area (Å²) in [7, 11) is 1.42. The molecule has 0 atom stereocenters. The molecule has 1 saturated carbocycles. The molecule has 0 radical (unpaired) electrons. The molecule has 20 heavy (non-hydrogen) atoms. The van der Waals surface area contributed by atoms with Crippen molar-refractivity contribution in [1.29, 1.82) is 0 Å². The second-order valence-electron chi connectivity index (χ2n) is 4.91. The maximum atomic E-state index is 12.3. The molecule has 1 aromatic rings. The van der Waals surface area contributed by atoms with Crippen LogP contribution in [0.5, 0.6) is 11.5 Å². The third kappa shape index (κ3) is 3.40. The van der Waals surface area contributed by atoms with Crippen molar-refractivity contribution in [2.45, 2.75) is 12.8 Å². The molecular formula is C14H17NO5. The van der Waals surface area contributed by atoms with Crippen molar-refractivity contribution < 1.29 is 24.5 Å². The molecule has 0 bridgehead atoms. The third-order valence-corrected chi connectivity index (χ3v) is 3.21. The number of phenolic OH excluding ortho intramolecular Hbond substituents is 1. The Labute approximate surface area is 116 Å². The summed E-state index contributed by atoms with van der Waals surface area (Å²) in [5, 5.41) is 18.6. The first-order valence-corrected chi connectivity index (χ1v) is 6.39. The summed E-state index contributed by atoms with van der Waals surface area (Å²) in [6.45, 7) is 0.111. The molecule has 1 aliphatic rings. The van der Waals surface area contributed by atoms with E-state index < -0.39 is 11.9 Å². The van der Waals surface area contributed by atoms with Crippen LogP contribution in [0.2, 0.25) is 0 Å². The number of rotatable bonds is 6. The number of methoxy groups -OCH3 is 1. The number of carboxylic acids is 1. The number of hydrogen-bond acceptors (Lipinski definition) is 4. The van der Waals surface area contributed by atoms with Crippen LogP contribution in [0, 0.1) is 5.92 Å². The molecule has 2 rings (SSSR count). The molecule has 0 aromatic heterocycles. The molecule has 1 aromatic carbocycles. The van der Waals surface area contributed by atoms with Crippen molar-refractivity contribution in [2.75, 3.05) is 20.2 Å². The highest BCUT2D eigenvalue weighted by molar-refractivity contribution is 5.96. The maximum absolute atomic E-state index is 12.3. The van der Waals surface area contributed by atoms with Gasteiger partial charge < -0.3 is 19.8 Å². The summed E-state index contributed by atoms with van der Waals surface area (Å²) in [4.78, 5) is 24.5. The second-order valence-corrected chi connectivity index (χ2v) is 4.91. The van der Waals surface area contributed by atoms with E-state index in [1.807, 2.05) is 0 Å².